The lowest BCUT2D eigenvalue weighted by Gasteiger charge is -2.15. The molecule has 0 fully saturated rings. The quantitative estimate of drug-likeness (QED) is 0.593. The van der Waals surface area contributed by atoms with Crippen LogP contribution in [0.5, 0.6) is 0 Å². The molecule has 0 unspecified atom stereocenters. The van der Waals surface area contributed by atoms with Crippen LogP contribution < -0.4 is 0 Å². The Morgan fingerprint density at radius 1 is 1.50 bits per heavy atom. The van der Waals surface area contributed by atoms with Crippen LogP contribution in [-0.4, -0.2) is 42.3 Å². The molecular weight excluding hydrogens is 264 g/mol. The molecule has 0 radical (unpaired) electrons. The zero-order chi connectivity index (χ0) is 14.9. The molecule has 2 aromatic heterocycles. The van der Waals surface area contributed by atoms with Crippen LogP contribution in [0.2, 0.25) is 0 Å². The van der Waals surface area contributed by atoms with Crippen molar-refractivity contribution in [2.75, 3.05) is 7.05 Å². The van der Waals surface area contributed by atoms with E-state index in [-0.39, 0.29) is 11.4 Å². The lowest BCUT2D eigenvalue weighted by molar-refractivity contribution is -0.385. The molecule has 2 aromatic rings. The fourth-order valence-corrected chi connectivity index (χ4v) is 1.81. The number of nitrogens with zero attached hydrogens (tertiary/aromatic N) is 6. The van der Waals surface area contributed by atoms with Gasteiger partial charge in [0.15, 0.2) is 0 Å². The van der Waals surface area contributed by atoms with Gasteiger partial charge >= 0.3 is 5.69 Å². The Bertz CT molecular complexity index is 659. The zero-order valence-electron chi connectivity index (χ0n) is 11.3. The molecule has 0 bridgehead atoms. The summed E-state index contributed by atoms with van der Waals surface area (Å²) in [6, 6.07) is 1.77. The van der Waals surface area contributed by atoms with Crippen LogP contribution in [-0.2, 0) is 20.6 Å². The fraction of sp³-hybridized carbons (Fsp3) is 0.364. The van der Waals surface area contributed by atoms with Crippen LogP contribution in [0, 0.1) is 10.1 Å². The molecule has 9 heteroatoms. The van der Waals surface area contributed by atoms with Crippen molar-refractivity contribution < 1.29 is 9.72 Å². The maximum Gasteiger partial charge on any atom is 0.320 e. The van der Waals surface area contributed by atoms with Crippen LogP contribution >= 0.6 is 0 Å². The van der Waals surface area contributed by atoms with Crippen molar-refractivity contribution >= 4 is 11.6 Å². The molecule has 0 saturated carbocycles. The van der Waals surface area contributed by atoms with Gasteiger partial charge in [0, 0.05) is 27.3 Å². The van der Waals surface area contributed by atoms with Crippen molar-refractivity contribution in [1.29, 1.82) is 0 Å². The summed E-state index contributed by atoms with van der Waals surface area (Å²) in [6.45, 7) is 0.295. The molecule has 0 spiro atoms. The second kappa shape index (κ2) is 5.11. The van der Waals surface area contributed by atoms with Crippen molar-refractivity contribution in [1.82, 2.24) is 24.5 Å². The molecular formula is C11H14N6O3. The fourth-order valence-electron chi connectivity index (χ4n) is 1.81. The number of hydrogen-bond donors (Lipinski definition) is 0. The summed E-state index contributed by atoms with van der Waals surface area (Å²) in [6.07, 6.45) is 2.84. The predicted molar refractivity (Wildman–Crippen MR) is 68.9 cm³/mol. The monoisotopic (exact) mass is 278 g/mol. The van der Waals surface area contributed by atoms with Crippen molar-refractivity contribution in [3.05, 3.63) is 40.0 Å². The molecule has 0 N–H and O–H groups in total. The Labute approximate surface area is 114 Å². The maximum absolute atomic E-state index is 12.2. The minimum absolute atomic E-state index is 0.165. The predicted octanol–water partition coefficient (Wildman–Crippen LogP) is 0.334. The van der Waals surface area contributed by atoms with E-state index in [2.05, 4.69) is 10.2 Å². The van der Waals surface area contributed by atoms with Gasteiger partial charge in [0.1, 0.15) is 6.20 Å². The molecule has 9 nitrogen and oxygen atoms in total. The van der Waals surface area contributed by atoms with E-state index in [1.54, 1.807) is 31.0 Å². The van der Waals surface area contributed by atoms with E-state index in [0.29, 0.717) is 6.54 Å². The summed E-state index contributed by atoms with van der Waals surface area (Å²) in [5.74, 6) is -0.501. The Morgan fingerprint density at radius 2 is 2.20 bits per heavy atom. The third-order valence-electron chi connectivity index (χ3n) is 2.88. The third-order valence-corrected chi connectivity index (χ3v) is 2.88. The highest BCUT2D eigenvalue weighted by atomic mass is 16.6. The largest absolute Gasteiger partial charge is 0.334 e. The second-order valence-electron chi connectivity index (χ2n) is 4.40. The summed E-state index contributed by atoms with van der Waals surface area (Å²) in [5.41, 5.74) is 0.357. The number of aryl methyl sites for hydroxylation is 2. The number of amides is 1. The summed E-state index contributed by atoms with van der Waals surface area (Å²) in [4.78, 5) is 23.9. The molecule has 2 rings (SSSR count). The summed E-state index contributed by atoms with van der Waals surface area (Å²) < 4.78 is 2.89. The molecule has 20 heavy (non-hydrogen) atoms. The topological polar surface area (TPSA) is 99.1 Å². The minimum atomic E-state index is -0.613. The SMILES string of the molecule is CN(Cc1ccnn1C)C(=O)c1nn(C)cc1[N+](=O)[O-]. The first-order valence-corrected chi connectivity index (χ1v) is 5.80. The average Bonchev–Trinajstić information content (AvgIpc) is 2.95. The molecule has 0 aromatic carbocycles. The van der Waals surface area contributed by atoms with Crippen LogP contribution in [0.4, 0.5) is 5.69 Å². The highest BCUT2D eigenvalue weighted by Crippen LogP contribution is 2.18. The number of hydrogen-bond acceptors (Lipinski definition) is 5. The van der Waals surface area contributed by atoms with E-state index in [9.17, 15) is 14.9 Å². The standard InChI is InChI=1S/C11H14N6O3/c1-14(6-8-4-5-12-16(8)3)11(18)10-9(17(19)20)7-15(2)13-10/h4-5,7H,6H2,1-3H3. The number of aromatic nitrogens is 4. The first-order valence-electron chi connectivity index (χ1n) is 5.80. The maximum atomic E-state index is 12.2. The lowest BCUT2D eigenvalue weighted by atomic mass is 10.3. The van der Waals surface area contributed by atoms with Crippen molar-refractivity contribution in [3.8, 4) is 0 Å². The molecule has 0 saturated heterocycles. The van der Waals surface area contributed by atoms with Crippen LogP contribution in [0.1, 0.15) is 16.2 Å². The van der Waals surface area contributed by atoms with E-state index in [0.717, 1.165) is 5.69 Å². The highest BCUT2D eigenvalue weighted by molar-refractivity contribution is 5.95. The molecule has 0 atom stereocenters. The van der Waals surface area contributed by atoms with Crippen LogP contribution in [0.25, 0.3) is 0 Å². The first kappa shape index (κ1) is 13.7. The van der Waals surface area contributed by atoms with Gasteiger partial charge in [-0.2, -0.15) is 10.2 Å². The Balaban J connectivity index is 2.23. The average molecular weight is 278 g/mol. The first-order chi connectivity index (χ1) is 9.40. The van der Waals surface area contributed by atoms with Crippen molar-refractivity contribution in [2.45, 2.75) is 6.54 Å². The molecule has 0 aliphatic carbocycles. The summed E-state index contributed by atoms with van der Waals surface area (Å²) in [5, 5.41) is 18.8. The van der Waals surface area contributed by atoms with Gasteiger partial charge in [0.05, 0.1) is 17.2 Å². The Morgan fingerprint density at radius 3 is 2.75 bits per heavy atom. The highest BCUT2D eigenvalue weighted by Gasteiger charge is 2.27. The third kappa shape index (κ3) is 2.51. The Hall–Kier alpha value is -2.71. The van der Waals surface area contributed by atoms with Crippen molar-refractivity contribution in [2.24, 2.45) is 14.1 Å². The van der Waals surface area contributed by atoms with Gasteiger partial charge in [0.2, 0.25) is 5.69 Å². The molecule has 1 amide bonds. The lowest BCUT2D eigenvalue weighted by Crippen LogP contribution is -2.28. The van der Waals surface area contributed by atoms with Gasteiger partial charge in [-0.15, -0.1) is 0 Å². The van der Waals surface area contributed by atoms with Gasteiger partial charge in [0.25, 0.3) is 5.91 Å². The summed E-state index contributed by atoms with van der Waals surface area (Å²) in [7, 11) is 4.86. The normalized spacial score (nSPS) is 10.6. The number of rotatable bonds is 4. The van der Waals surface area contributed by atoms with Crippen molar-refractivity contribution in [3.63, 3.8) is 0 Å². The van der Waals surface area contributed by atoms with Gasteiger partial charge < -0.3 is 4.90 Å². The van der Waals surface area contributed by atoms with E-state index < -0.39 is 10.8 Å². The number of carbonyl (C=O) groups excluding carboxylic acids is 1. The van der Waals surface area contributed by atoms with Gasteiger partial charge in [-0.25, -0.2) is 0 Å². The van der Waals surface area contributed by atoms with E-state index in [1.807, 2.05) is 0 Å². The van der Waals surface area contributed by atoms with E-state index in [4.69, 9.17) is 0 Å². The molecule has 0 aliphatic rings. The van der Waals surface area contributed by atoms with E-state index >= 15 is 0 Å². The van der Waals surface area contributed by atoms with Crippen LogP contribution in [0.3, 0.4) is 0 Å². The number of nitro groups is 1. The molecule has 106 valence electrons. The summed E-state index contributed by atoms with van der Waals surface area (Å²) >= 11 is 0. The zero-order valence-corrected chi connectivity index (χ0v) is 11.3. The van der Waals surface area contributed by atoms with Gasteiger partial charge in [-0.1, -0.05) is 0 Å². The smallest absolute Gasteiger partial charge is 0.320 e. The molecule has 2 heterocycles. The van der Waals surface area contributed by atoms with Crippen LogP contribution in [0.15, 0.2) is 18.5 Å². The minimum Gasteiger partial charge on any atom is -0.334 e. The second-order valence-corrected chi connectivity index (χ2v) is 4.40. The van der Waals surface area contributed by atoms with Gasteiger partial charge in [-0.3, -0.25) is 24.3 Å². The van der Waals surface area contributed by atoms with Gasteiger partial charge in [-0.05, 0) is 6.07 Å². The van der Waals surface area contributed by atoms with E-state index in [1.165, 1.54) is 22.8 Å². The Kier molecular flexibility index (Phi) is 3.51. The molecule has 0 aliphatic heterocycles. The number of carbonyl (C=O) groups is 1.